The standard InChI is InChI=1S/C26H22ClFN4O2.CH5N/c1-16-11-18(13-24(29-16)31-7-3-4-8-31)21-15-19(28)14-20(25(21)33)17-5-6-23(22(27)12-17)32-10-9-30(2)26(32)34;1-2/h5-6,11-15,33H,3-4,7-8H2,1-2H3;2H2,1H3. The number of halogens is 2. The fraction of sp³-hybridized carbons (Fsp3) is 0.259. The van der Waals surface area contributed by atoms with Crippen LogP contribution in [0.2, 0.25) is 5.02 Å². The van der Waals surface area contributed by atoms with Crippen LogP contribution in [-0.2, 0) is 7.05 Å². The van der Waals surface area contributed by atoms with Crippen molar-refractivity contribution in [2.45, 2.75) is 19.8 Å². The number of benzene rings is 2. The van der Waals surface area contributed by atoms with Gasteiger partial charge < -0.3 is 15.7 Å². The molecule has 36 heavy (non-hydrogen) atoms. The smallest absolute Gasteiger partial charge is 0.347 e. The topological polar surface area (TPSA) is 89.3 Å². The lowest BCUT2D eigenvalue weighted by Crippen LogP contribution is -2.21. The largest absolute Gasteiger partial charge is 0.507 e. The van der Waals surface area contributed by atoms with Crippen LogP contribution in [0, 0.1) is 25.1 Å². The Balaban J connectivity index is 0.00000148. The Morgan fingerprint density at radius 2 is 1.69 bits per heavy atom. The summed E-state index contributed by atoms with van der Waals surface area (Å²) >= 11 is 6.47. The fourth-order valence-corrected chi connectivity index (χ4v) is 4.61. The van der Waals surface area contributed by atoms with Gasteiger partial charge in [0.1, 0.15) is 17.4 Å². The first-order valence-electron chi connectivity index (χ1n) is 11.5. The third kappa shape index (κ3) is 4.81. The first kappa shape index (κ1) is 25.3. The maximum atomic E-state index is 14.8. The van der Waals surface area contributed by atoms with E-state index in [0.717, 1.165) is 37.4 Å². The van der Waals surface area contributed by atoms with Crippen LogP contribution in [0.4, 0.5) is 10.2 Å². The van der Waals surface area contributed by atoms with Gasteiger partial charge in [0.05, 0.1) is 10.7 Å². The lowest BCUT2D eigenvalue weighted by molar-refractivity contribution is 0.477. The molecule has 0 amide bonds. The van der Waals surface area contributed by atoms with Gasteiger partial charge >= 0.3 is 5.69 Å². The number of phenols is 1. The maximum Gasteiger partial charge on any atom is 0.347 e. The van der Waals surface area contributed by atoms with E-state index in [1.807, 2.05) is 19.1 Å². The van der Waals surface area contributed by atoms with Crippen LogP contribution in [-0.4, -0.2) is 39.4 Å². The number of pyridine rings is 1. The molecule has 7 nitrogen and oxygen atoms in total. The average molecular weight is 508 g/mol. The van der Waals surface area contributed by atoms with Crippen molar-refractivity contribution in [2.24, 2.45) is 12.8 Å². The molecule has 1 fully saturated rings. The van der Waals surface area contributed by atoms with Crippen molar-refractivity contribution in [1.29, 1.82) is 0 Å². The molecular formula is C27H27ClFN5O2. The quantitative estimate of drug-likeness (QED) is 0.425. The zero-order valence-corrected chi connectivity index (χ0v) is 21.1. The van der Waals surface area contributed by atoms with Gasteiger partial charge in [0.25, 0.3) is 0 Å². The maximum absolute atomic E-state index is 14.8. The average Bonchev–Trinajstić information content (AvgIpc) is 3.52. The normalized spacial score (nSPS) is 12.8. The van der Waals surface area contributed by atoms with Crippen molar-refractivity contribution < 1.29 is 9.50 Å². The van der Waals surface area contributed by atoms with E-state index in [-0.39, 0.29) is 16.5 Å². The summed E-state index contributed by atoms with van der Waals surface area (Å²) in [6.07, 6.45) is 7.61. The summed E-state index contributed by atoms with van der Waals surface area (Å²) in [6.45, 7) is 3.75. The van der Waals surface area contributed by atoms with Crippen molar-refractivity contribution in [3.05, 3.63) is 81.9 Å². The van der Waals surface area contributed by atoms with Crippen LogP contribution in [0.15, 0.2) is 47.3 Å². The summed E-state index contributed by atoms with van der Waals surface area (Å²) in [7, 11) is 3.07. The Labute approximate surface area is 214 Å². The summed E-state index contributed by atoms with van der Waals surface area (Å²) < 4.78 is 17.3. The minimum absolute atomic E-state index is 0.0556. The third-order valence-corrected chi connectivity index (χ3v) is 6.37. The van der Waals surface area contributed by atoms with Gasteiger partial charge in [-0.05, 0) is 74.3 Å². The molecule has 0 radical (unpaired) electrons. The van der Waals surface area contributed by atoms with Crippen LogP contribution in [0.3, 0.4) is 0 Å². The molecule has 2 aromatic carbocycles. The molecule has 0 bridgehead atoms. The van der Waals surface area contributed by atoms with E-state index in [9.17, 15) is 14.3 Å². The number of aryl methyl sites for hydroxylation is 1. The molecule has 0 spiro atoms. The molecule has 3 N–H and O–H groups in total. The SMILES string of the molecule is CN.Cc1cc(-c2cc(F)cc(-c3ccc(-n4c#cn(C)c4=O)c(Cl)c3)c2O)cc(N2CCCC2)n1. The summed E-state index contributed by atoms with van der Waals surface area (Å²) in [6, 6.07) is 11.2. The molecule has 1 aliphatic rings. The molecule has 0 unspecified atom stereocenters. The Hall–Kier alpha value is -3.80. The molecule has 1 saturated heterocycles. The first-order valence-corrected chi connectivity index (χ1v) is 11.9. The molecule has 3 heterocycles. The van der Waals surface area contributed by atoms with E-state index in [4.69, 9.17) is 11.6 Å². The van der Waals surface area contributed by atoms with Crippen LogP contribution in [0.5, 0.6) is 5.75 Å². The van der Waals surface area contributed by atoms with Crippen LogP contribution in [0.1, 0.15) is 18.5 Å². The number of anilines is 1. The number of nitrogens with two attached hydrogens (primary N) is 1. The van der Waals surface area contributed by atoms with Crippen LogP contribution in [0.25, 0.3) is 27.9 Å². The highest BCUT2D eigenvalue weighted by atomic mass is 35.5. The van der Waals surface area contributed by atoms with Gasteiger partial charge in [-0.3, -0.25) is 4.57 Å². The van der Waals surface area contributed by atoms with Crippen LogP contribution < -0.4 is 16.3 Å². The monoisotopic (exact) mass is 507 g/mol. The van der Waals surface area contributed by atoms with Gasteiger partial charge in [0, 0.05) is 49.4 Å². The van der Waals surface area contributed by atoms with Gasteiger partial charge in [-0.15, -0.1) is 0 Å². The summed E-state index contributed by atoms with van der Waals surface area (Å²) in [5.74, 6) is 0.286. The minimum atomic E-state index is -0.484. The third-order valence-electron chi connectivity index (χ3n) is 6.06. The second-order valence-electron chi connectivity index (χ2n) is 8.47. The molecule has 4 aromatic rings. The van der Waals surface area contributed by atoms with Crippen molar-refractivity contribution in [3.63, 3.8) is 0 Å². The lowest BCUT2D eigenvalue weighted by atomic mass is 9.96. The highest BCUT2D eigenvalue weighted by Crippen LogP contribution is 2.41. The van der Waals surface area contributed by atoms with Crippen molar-refractivity contribution in [2.75, 3.05) is 25.0 Å². The van der Waals surface area contributed by atoms with Gasteiger partial charge in [-0.1, -0.05) is 17.7 Å². The molecule has 9 heteroatoms. The number of aromatic nitrogens is 3. The van der Waals surface area contributed by atoms with Gasteiger partial charge in [-0.2, -0.15) is 0 Å². The van der Waals surface area contributed by atoms with Crippen molar-refractivity contribution in [1.82, 2.24) is 14.1 Å². The van der Waals surface area contributed by atoms with Gasteiger partial charge in [0.2, 0.25) is 0 Å². The zero-order valence-electron chi connectivity index (χ0n) is 20.3. The number of rotatable bonds is 4. The summed E-state index contributed by atoms with van der Waals surface area (Å²) in [5, 5.41) is 11.4. The predicted octanol–water partition coefficient (Wildman–Crippen LogP) is 4.49. The molecule has 5 rings (SSSR count). The van der Waals surface area contributed by atoms with Gasteiger partial charge in [-0.25, -0.2) is 18.7 Å². The highest BCUT2D eigenvalue weighted by Gasteiger charge is 2.19. The second kappa shape index (κ2) is 10.4. The Morgan fingerprint density at radius 1 is 1.03 bits per heavy atom. The van der Waals surface area contributed by atoms with Crippen molar-refractivity contribution >= 4 is 17.4 Å². The van der Waals surface area contributed by atoms with Crippen molar-refractivity contribution in [3.8, 4) is 33.7 Å². The van der Waals surface area contributed by atoms with E-state index in [2.05, 4.69) is 28.0 Å². The molecule has 0 saturated carbocycles. The summed E-state index contributed by atoms with van der Waals surface area (Å²) in [5.41, 5.74) is 7.26. The Bertz CT molecular complexity index is 1460. The van der Waals surface area contributed by atoms with E-state index in [1.54, 1.807) is 25.2 Å². The van der Waals surface area contributed by atoms with E-state index in [0.29, 0.717) is 27.9 Å². The second-order valence-corrected chi connectivity index (χ2v) is 8.87. The van der Waals surface area contributed by atoms with Crippen LogP contribution >= 0.6 is 11.6 Å². The minimum Gasteiger partial charge on any atom is -0.507 e. The zero-order chi connectivity index (χ0) is 26.0. The van der Waals surface area contributed by atoms with Gasteiger partial charge in [0.15, 0.2) is 0 Å². The Kier molecular flexibility index (Phi) is 7.34. The number of nitrogens with zero attached hydrogens (tertiary/aromatic N) is 4. The fourth-order valence-electron chi connectivity index (χ4n) is 4.34. The first-order chi connectivity index (χ1) is 17.3. The molecule has 2 aromatic heterocycles. The van der Waals surface area contributed by atoms with E-state index in [1.165, 1.54) is 28.3 Å². The molecule has 1 aliphatic heterocycles. The Morgan fingerprint density at radius 3 is 2.31 bits per heavy atom. The summed E-state index contributed by atoms with van der Waals surface area (Å²) in [4.78, 5) is 19.1. The molecule has 0 atom stereocenters. The number of aromatic hydroxyl groups is 1. The molecular weight excluding hydrogens is 481 g/mol. The molecule has 0 aliphatic carbocycles. The number of hydrogen-bond acceptors (Lipinski definition) is 5. The van der Waals surface area contributed by atoms with E-state index < -0.39 is 5.82 Å². The van der Waals surface area contributed by atoms with E-state index >= 15 is 0 Å². The number of hydrogen-bond donors (Lipinski definition) is 2. The number of phenolic OH excluding ortho intramolecular Hbond substituents is 1. The lowest BCUT2D eigenvalue weighted by Gasteiger charge is -2.19. The predicted molar refractivity (Wildman–Crippen MR) is 140 cm³/mol. The molecule has 186 valence electrons. The highest BCUT2D eigenvalue weighted by molar-refractivity contribution is 6.32.